The molecule has 1 aliphatic heterocycles. The van der Waals surface area contributed by atoms with Crippen molar-refractivity contribution in [3.63, 3.8) is 0 Å². The Bertz CT molecular complexity index is 516. The Hall–Kier alpha value is -1.48. The van der Waals surface area contributed by atoms with E-state index in [1.54, 1.807) is 6.07 Å². The Morgan fingerprint density at radius 3 is 3.13 bits per heavy atom. The summed E-state index contributed by atoms with van der Waals surface area (Å²) in [5.41, 5.74) is 8.16. The van der Waals surface area contributed by atoms with E-state index in [1.807, 2.05) is 12.1 Å². The van der Waals surface area contributed by atoms with Gasteiger partial charge in [-0.3, -0.25) is 0 Å². The van der Waals surface area contributed by atoms with Crippen molar-refractivity contribution in [2.24, 2.45) is 5.73 Å². The minimum atomic E-state index is 0.366. The van der Waals surface area contributed by atoms with Crippen LogP contribution in [0.3, 0.4) is 0 Å². The van der Waals surface area contributed by atoms with E-state index in [1.165, 1.54) is 5.69 Å². The fourth-order valence-electron chi connectivity index (χ4n) is 2.58. The minimum absolute atomic E-state index is 0.366. The van der Waals surface area contributed by atoms with Gasteiger partial charge in [0.05, 0.1) is 5.52 Å². The van der Waals surface area contributed by atoms with Crippen molar-refractivity contribution in [2.45, 2.75) is 18.9 Å². The molecule has 15 heavy (non-hydrogen) atoms. The normalized spacial score (nSPS) is 19.7. The second kappa shape index (κ2) is 3.00. The molecule has 1 unspecified atom stereocenters. The fourth-order valence-corrected chi connectivity index (χ4v) is 2.58. The van der Waals surface area contributed by atoms with Crippen molar-refractivity contribution in [1.29, 1.82) is 0 Å². The minimum Gasteiger partial charge on any atom is -0.507 e. The van der Waals surface area contributed by atoms with Crippen molar-refractivity contribution < 1.29 is 5.11 Å². The van der Waals surface area contributed by atoms with Crippen LogP contribution >= 0.6 is 0 Å². The van der Waals surface area contributed by atoms with Crippen molar-refractivity contribution in [2.75, 3.05) is 6.54 Å². The van der Waals surface area contributed by atoms with Crippen LogP contribution in [0.2, 0.25) is 0 Å². The molecule has 0 spiro atoms. The molecule has 3 N–H and O–H groups in total. The third-order valence-electron chi connectivity index (χ3n) is 3.31. The van der Waals surface area contributed by atoms with Crippen LogP contribution in [0.15, 0.2) is 24.3 Å². The highest BCUT2D eigenvalue weighted by Crippen LogP contribution is 2.35. The second-order valence-corrected chi connectivity index (χ2v) is 4.14. The van der Waals surface area contributed by atoms with Gasteiger partial charge >= 0.3 is 0 Å². The first-order valence-corrected chi connectivity index (χ1v) is 5.33. The predicted molar refractivity (Wildman–Crippen MR) is 60.0 cm³/mol. The number of aryl methyl sites for hydroxylation is 1. The van der Waals surface area contributed by atoms with Crippen LogP contribution in [0.4, 0.5) is 0 Å². The quantitative estimate of drug-likeness (QED) is 0.740. The van der Waals surface area contributed by atoms with Gasteiger partial charge in [-0.25, -0.2) is 0 Å². The fraction of sp³-hybridized carbons (Fsp3) is 0.333. The molecule has 0 radical (unpaired) electrons. The van der Waals surface area contributed by atoms with E-state index in [2.05, 4.69) is 10.6 Å². The van der Waals surface area contributed by atoms with E-state index < -0.39 is 0 Å². The largest absolute Gasteiger partial charge is 0.507 e. The maximum absolute atomic E-state index is 9.74. The second-order valence-electron chi connectivity index (χ2n) is 4.14. The molecule has 1 aliphatic rings. The number of aromatic nitrogens is 1. The summed E-state index contributed by atoms with van der Waals surface area (Å²) in [6.45, 7) is 0.673. The molecular formula is C12H14N2O. The van der Waals surface area contributed by atoms with Gasteiger partial charge in [0.25, 0.3) is 0 Å². The molecule has 0 fully saturated rings. The van der Waals surface area contributed by atoms with E-state index >= 15 is 0 Å². The average molecular weight is 202 g/mol. The first-order chi connectivity index (χ1) is 7.31. The smallest absolute Gasteiger partial charge is 0.124 e. The third-order valence-corrected chi connectivity index (χ3v) is 3.31. The lowest BCUT2D eigenvalue weighted by Gasteiger charge is -2.12. The van der Waals surface area contributed by atoms with Crippen molar-refractivity contribution in [3.8, 4) is 5.75 Å². The Kier molecular flexibility index (Phi) is 1.76. The van der Waals surface area contributed by atoms with Gasteiger partial charge in [0.15, 0.2) is 0 Å². The van der Waals surface area contributed by atoms with Crippen LogP contribution in [0.1, 0.15) is 18.2 Å². The molecule has 2 heterocycles. The lowest BCUT2D eigenvalue weighted by atomic mass is 10.1. The number of phenols is 1. The van der Waals surface area contributed by atoms with Crippen LogP contribution in [-0.2, 0) is 6.42 Å². The highest BCUT2D eigenvalue weighted by molar-refractivity contribution is 5.87. The Morgan fingerprint density at radius 1 is 1.47 bits per heavy atom. The summed E-state index contributed by atoms with van der Waals surface area (Å²) in [6.07, 6.45) is 2.19. The number of hydrogen-bond acceptors (Lipinski definition) is 2. The number of phenolic OH excluding ortho intramolecular Hbond substituents is 1. The summed E-state index contributed by atoms with van der Waals surface area (Å²) in [4.78, 5) is 0. The van der Waals surface area contributed by atoms with E-state index in [0.717, 1.165) is 23.7 Å². The number of rotatable bonds is 1. The first-order valence-electron chi connectivity index (χ1n) is 5.33. The third kappa shape index (κ3) is 1.10. The molecule has 3 nitrogen and oxygen atoms in total. The molecule has 78 valence electrons. The SMILES string of the molecule is NCC1CCc2cc3c(O)cccc3n21. The van der Waals surface area contributed by atoms with Crippen LogP contribution in [0.5, 0.6) is 5.75 Å². The van der Waals surface area contributed by atoms with Gasteiger partial charge in [-0.1, -0.05) is 6.07 Å². The summed E-state index contributed by atoms with van der Waals surface area (Å²) in [5.74, 6) is 0.366. The Labute approximate surface area is 88.1 Å². The molecule has 0 saturated carbocycles. The molecule has 0 amide bonds. The van der Waals surface area contributed by atoms with Crippen LogP contribution < -0.4 is 5.73 Å². The standard InChI is InChI=1S/C12H14N2O/c13-7-9-5-4-8-6-10-11(14(8)9)2-1-3-12(10)15/h1-3,6,9,15H,4-5,7,13H2. The van der Waals surface area contributed by atoms with Crippen molar-refractivity contribution in [3.05, 3.63) is 30.0 Å². The van der Waals surface area contributed by atoms with E-state index in [0.29, 0.717) is 18.3 Å². The maximum atomic E-state index is 9.74. The summed E-state index contributed by atoms with van der Waals surface area (Å²) in [5, 5.41) is 10.7. The lowest BCUT2D eigenvalue weighted by Crippen LogP contribution is -2.15. The molecule has 0 aliphatic carbocycles. The molecule has 1 aromatic carbocycles. The zero-order chi connectivity index (χ0) is 10.4. The van der Waals surface area contributed by atoms with Crippen LogP contribution in [-0.4, -0.2) is 16.2 Å². The lowest BCUT2D eigenvalue weighted by molar-refractivity contribution is 0.481. The topological polar surface area (TPSA) is 51.2 Å². The summed E-state index contributed by atoms with van der Waals surface area (Å²) < 4.78 is 2.27. The zero-order valence-electron chi connectivity index (χ0n) is 8.48. The zero-order valence-corrected chi connectivity index (χ0v) is 8.48. The molecule has 1 atom stereocenters. The van der Waals surface area contributed by atoms with Gasteiger partial charge < -0.3 is 15.4 Å². The molecule has 0 bridgehead atoms. The Balaban J connectivity index is 2.32. The summed E-state index contributed by atoms with van der Waals surface area (Å²) >= 11 is 0. The number of fused-ring (bicyclic) bond motifs is 3. The number of aromatic hydroxyl groups is 1. The number of nitrogens with zero attached hydrogens (tertiary/aromatic N) is 1. The van der Waals surface area contributed by atoms with Gasteiger partial charge in [0.2, 0.25) is 0 Å². The Morgan fingerprint density at radius 2 is 2.33 bits per heavy atom. The maximum Gasteiger partial charge on any atom is 0.124 e. The molecule has 3 rings (SSSR count). The highest BCUT2D eigenvalue weighted by Gasteiger charge is 2.23. The molecular weight excluding hydrogens is 188 g/mol. The van der Waals surface area contributed by atoms with Crippen LogP contribution in [0, 0.1) is 0 Å². The number of hydrogen-bond donors (Lipinski definition) is 2. The predicted octanol–water partition coefficient (Wildman–Crippen LogP) is 1.79. The highest BCUT2D eigenvalue weighted by atomic mass is 16.3. The first kappa shape index (κ1) is 8.80. The molecule has 2 aromatic rings. The van der Waals surface area contributed by atoms with E-state index in [4.69, 9.17) is 5.73 Å². The number of benzene rings is 1. The summed E-state index contributed by atoms with van der Waals surface area (Å²) in [6, 6.07) is 8.15. The van der Waals surface area contributed by atoms with Gasteiger partial charge in [-0.05, 0) is 31.0 Å². The van der Waals surface area contributed by atoms with Crippen molar-refractivity contribution in [1.82, 2.24) is 4.57 Å². The van der Waals surface area contributed by atoms with Crippen molar-refractivity contribution >= 4 is 10.9 Å². The van der Waals surface area contributed by atoms with Gasteiger partial charge in [0, 0.05) is 23.7 Å². The molecule has 1 aromatic heterocycles. The van der Waals surface area contributed by atoms with Gasteiger partial charge in [0.1, 0.15) is 5.75 Å². The monoisotopic (exact) mass is 202 g/mol. The summed E-state index contributed by atoms with van der Waals surface area (Å²) in [7, 11) is 0. The molecule has 3 heteroatoms. The van der Waals surface area contributed by atoms with E-state index in [-0.39, 0.29) is 0 Å². The van der Waals surface area contributed by atoms with Crippen LogP contribution in [0.25, 0.3) is 10.9 Å². The molecule has 0 saturated heterocycles. The number of nitrogens with two attached hydrogens (primary N) is 1. The average Bonchev–Trinajstić information content (AvgIpc) is 2.77. The van der Waals surface area contributed by atoms with E-state index in [9.17, 15) is 5.11 Å². The van der Waals surface area contributed by atoms with Gasteiger partial charge in [-0.15, -0.1) is 0 Å². The van der Waals surface area contributed by atoms with Gasteiger partial charge in [-0.2, -0.15) is 0 Å².